The van der Waals surface area contributed by atoms with Crippen LogP contribution in [0.15, 0.2) is 24.3 Å². The van der Waals surface area contributed by atoms with E-state index < -0.39 is 12.0 Å². The molecule has 1 fully saturated rings. The number of aliphatic hydroxyl groups excluding tert-OH is 1. The lowest BCUT2D eigenvalue weighted by Crippen LogP contribution is -2.32. The summed E-state index contributed by atoms with van der Waals surface area (Å²) in [5.41, 5.74) is 1.69. The first kappa shape index (κ1) is 17.6. The van der Waals surface area contributed by atoms with Gasteiger partial charge in [-0.2, -0.15) is 8.78 Å². The lowest BCUT2D eigenvalue weighted by molar-refractivity contribution is -0.0940. The van der Waals surface area contributed by atoms with Crippen LogP contribution in [-0.2, 0) is 5.92 Å². The van der Waals surface area contributed by atoms with Gasteiger partial charge in [-0.3, -0.25) is 0 Å². The van der Waals surface area contributed by atoms with Gasteiger partial charge in [0.1, 0.15) is 6.10 Å². The van der Waals surface area contributed by atoms with Crippen LogP contribution in [0.2, 0.25) is 0 Å². The Morgan fingerprint density at radius 1 is 1.12 bits per heavy atom. The van der Waals surface area contributed by atoms with Crippen LogP contribution in [0.4, 0.5) is 8.78 Å². The van der Waals surface area contributed by atoms with Crippen LogP contribution in [0.5, 0.6) is 0 Å². The second kappa shape index (κ2) is 7.35. The predicted octanol–water partition coefficient (Wildman–Crippen LogP) is 6.02. The number of hydrogen-bond acceptors (Lipinski definition) is 1. The van der Waals surface area contributed by atoms with Crippen LogP contribution in [0.25, 0.3) is 6.08 Å². The van der Waals surface area contributed by atoms with E-state index in [0.29, 0.717) is 11.5 Å². The molecule has 2 aliphatic carbocycles. The van der Waals surface area contributed by atoms with Gasteiger partial charge < -0.3 is 5.11 Å². The van der Waals surface area contributed by atoms with Gasteiger partial charge >= 0.3 is 5.92 Å². The van der Waals surface area contributed by atoms with Crippen LogP contribution in [0, 0.1) is 5.92 Å². The summed E-state index contributed by atoms with van der Waals surface area (Å²) in [5.74, 6) is -1.84. The third kappa shape index (κ3) is 3.56. The van der Waals surface area contributed by atoms with E-state index in [-0.39, 0.29) is 5.56 Å². The van der Waals surface area contributed by atoms with E-state index >= 15 is 0 Å². The van der Waals surface area contributed by atoms with Gasteiger partial charge in [0.15, 0.2) is 0 Å². The molecule has 0 amide bonds. The van der Waals surface area contributed by atoms with E-state index in [1.807, 2.05) is 12.1 Å². The maximum atomic E-state index is 14.1. The molecule has 24 heavy (non-hydrogen) atoms. The minimum absolute atomic E-state index is 0.0468. The van der Waals surface area contributed by atoms with Gasteiger partial charge in [-0.15, -0.1) is 0 Å². The second-order valence-corrected chi connectivity index (χ2v) is 7.49. The van der Waals surface area contributed by atoms with Crippen molar-refractivity contribution in [1.82, 2.24) is 0 Å². The maximum absolute atomic E-state index is 14.1. The molecule has 0 heterocycles. The highest BCUT2D eigenvalue weighted by Gasteiger charge is 2.42. The molecule has 1 N–H and O–H groups in total. The molecule has 0 saturated heterocycles. The zero-order chi connectivity index (χ0) is 17.2. The van der Waals surface area contributed by atoms with E-state index in [1.165, 1.54) is 56.2 Å². The van der Waals surface area contributed by atoms with Crippen LogP contribution in [-0.4, -0.2) is 11.2 Å². The number of benzene rings is 1. The van der Waals surface area contributed by atoms with Gasteiger partial charge in [-0.1, -0.05) is 56.9 Å². The minimum Gasteiger partial charge on any atom is -0.382 e. The van der Waals surface area contributed by atoms with Crippen molar-refractivity contribution < 1.29 is 13.9 Å². The quantitative estimate of drug-likeness (QED) is 0.653. The fourth-order valence-electron chi connectivity index (χ4n) is 4.22. The van der Waals surface area contributed by atoms with Crippen LogP contribution in [0.3, 0.4) is 0 Å². The van der Waals surface area contributed by atoms with Crippen LogP contribution < -0.4 is 0 Å². The molecule has 1 saturated carbocycles. The van der Waals surface area contributed by atoms with Crippen molar-refractivity contribution in [2.75, 3.05) is 0 Å². The predicted molar refractivity (Wildman–Crippen MR) is 94.2 cm³/mol. The number of fused-ring (bicyclic) bond motifs is 1. The molecular weight excluding hydrogens is 306 g/mol. The van der Waals surface area contributed by atoms with Crippen molar-refractivity contribution in [3.63, 3.8) is 0 Å². The summed E-state index contributed by atoms with van der Waals surface area (Å²) in [6, 6.07) is 5.28. The topological polar surface area (TPSA) is 20.2 Å². The number of rotatable bonds is 5. The van der Waals surface area contributed by atoms with Gasteiger partial charge in [0.05, 0.1) is 0 Å². The molecule has 0 radical (unpaired) electrons. The highest BCUT2D eigenvalue weighted by atomic mass is 19.3. The summed E-state index contributed by atoms with van der Waals surface area (Å²) in [4.78, 5) is 0. The molecule has 0 aliphatic heterocycles. The lowest BCUT2D eigenvalue weighted by atomic mass is 9.76. The number of halogens is 2. The van der Waals surface area contributed by atoms with Crippen LogP contribution in [0.1, 0.15) is 80.9 Å². The van der Waals surface area contributed by atoms with Crippen molar-refractivity contribution >= 4 is 6.08 Å². The summed E-state index contributed by atoms with van der Waals surface area (Å²) in [6.45, 7) is 2.24. The molecule has 3 rings (SSSR count). The molecule has 3 heteroatoms. The molecule has 0 bridgehead atoms. The first-order valence-electron chi connectivity index (χ1n) is 9.41. The Bertz CT molecular complexity index is 586. The Balaban J connectivity index is 1.65. The normalized spacial score (nSPS) is 28.6. The van der Waals surface area contributed by atoms with E-state index in [4.69, 9.17) is 0 Å². The zero-order valence-corrected chi connectivity index (χ0v) is 14.5. The average Bonchev–Trinajstić information content (AvgIpc) is 2.59. The fourth-order valence-corrected chi connectivity index (χ4v) is 4.22. The molecule has 1 aromatic rings. The minimum atomic E-state index is -3.18. The van der Waals surface area contributed by atoms with Crippen LogP contribution >= 0.6 is 0 Å². The van der Waals surface area contributed by atoms with Gasteiger partial charge in [-0.05, 0) is 54.7 Å². The Kier molecular flexibility index (Phi) is 5.39. The van der Waals surface area contributed by atoms with Crippen molar-refractivity contribution in [1.29, 1.82) is 0 Å². The number of alkyl halides is 2. The summed E-state index contributed by atoms with van der Waals surface area (Å²) in [7, 11) is 0. The summed E-state index contributed by atoms with van der Waals surface area (Å²) < 4.78 is 28.1. The molecule has 0 aromatic heterocycles. The first-order valence-corrected chi connectivity index (χ1v) is 9.41. The Morgan fingerprint density at radius 3 is 2.58 bits per heavy atom. The average molecular weight is 334 g/mol. The van der Waals surface area contributed by atoms with E-state index in [0.717, 1.165) is 18.8 Å². The number of hydrogen-bond donors (Lipinski definition) is 1. The Labute approximate surface area is 143 Å². The molecular formula is C21H28F2O. The Morgan fingerprint density at radius 2 is 1.88 bits per heavy atom. The molecule has 1 aromatic carbocycles. The monoisotopic (exact) mass is 334 g/mol. The molecule has 1 unspecified atom stereocenters. The summed E-state index contributed by atoms with van der Waals surface area (Å²) >= 11 is 0. The first-order chi connectivity index (χ1) is 11.5. The van der Waals surface area contributed by atoms with Crippen molar-refractivity contribution in [2.24, 2.45) is 5.92 Å². The third-order valence-corrected chi connectivity index (χ3v) is 5.80. The van der Waals surface area contributed by atoms with Gasteiger partial charge in [0, 0.05) is 5.56 Å². The molecule has 132 valence electrons. The lowest BCUT2D eigenvalue weighted by Gasteiger charge is -2.31. The van der Waals surface area contributed by atoms with E-state index in [1.54, 1.807) is 6.08 Å². The smallest absolute Gasteiger partial charge is 0.302 e. The zero-order valence-electron chi connectivity index (χ0n) is 14.5. The summed E-state index contributed by atoms with van der Waals surface area (Å²) in [5, 5.41) is 9.48. The maximum Gasteiger partial charge on any atom is 0.302 e. The molecule has 1 nitrogen and oxygen atoms in total. The second-order valence-electron chi connectivity index (χ2n) is 7.49. The van der Waals surface area contributed by atoms with Crippen molar-refractivity contribution in [3.8, 4) is 0 Å². The highest BCUT2D eigenvalue weighted by molar-refractivity contribution is 5.60. The standard InChI is InChI=1S/C21H28F2O/c1-2-3-4-5-15-6-8-16(9-7-15)17-10-12-19-18(14-17)11-13-20(24)21(19,22)23/h10-16,20,24H,2-9H2,1H3. The molecule has 2 aliphatic rings. The van der Waals surface area contributed by atoms with Gasteiger partial charge in [-0.25, -0.2) is 0 Å². The largest absolute Gasteiger partial charge is 0.382 e. The fraction of sp³-hybridized carbons (Fsp3) is 0.619. The number of unbranched alkanes of at least 4 members (excludes halogenated alkanes) is 2. The number of aliphatic hydroxyl groups is 1. The highest BCUT2D eigenvalue weighted by Crippen LogP contribution is 2.42. The summed E-state index contributed by atoms with van der Waals surface area (Å²) in [6.07, 6.45) is 11.3. The molecule has 0 spiro atoms. The van der Waals surface area contributed by atoms with E-state index in [9.17, 15) is 13.9 Å². The van der Waals surface area contributed by atoms with Gasteiger partial charge in [0.25, 0.3) is 0 Å². The SMILES string of the molecule is CCCCCC1CCC(c2ccc3c(c2)C=CC(O)C3(F)F)CC1. The van der Waals surface area contributed by atoms with Crippen molar-refractivity contribution in [2.45, 2.75) is 76.2 Å². The Hall–Kier alpha value is -1.22. The van der Waals surface area contributed by atoms with Crippen molar-refractivity contribution in [3.05, 3.63) is 41.0 Å². The third-order valence-electron chi connectivity index (χ3n) is 5.80. The van der Waals surface area contributed by atoms with Gasteiger partial charge in [0.2, 0.25) is 0 Å². The molecule has 1 atom stereocenters. The van der Waals surface area contributed by atoms with E-state index in [2.05, 4.69) is 6.92 Å².